The van der Waals surface area contributed by atoms with Crippen molar-refractivity contribution < 1.29 is 30.6 Å². The van der Waals surface area contributed by atoms with Crippen LogP contribution in [0.4, 0.5) is 13.2 Å². The molecule has 4 aliphatic rings. The number of Topliss-reactive ketones (excluding diaryl/α,β-unsaturated/α-hetero) is 1. The van der Waals surface area contributed by atoms with Gasteiger partial charge in [-0.1, -0.05) is 0 Å². The average molecular weight is 313 g/mol. The van der Waals surface area contributed by atoms with E-state index < -0.39 is 21.7 Å². The summed E-state index contributed by atoms with van der Waals surface area (Å²) < 4.78 is 63.4. The first-order chi connectivity index (χ1) is 9.17. The molecular formula is C11H14F3NO4S. The fourth-order valence-electron chi connectivity index (χ4n) is 3.63. The zero-order valence-corrected chi connectivity index (χ0v) is 11.3. The lowest BCUT2D eigenvalue weighted by Gasteiger charge is -2.54. The number of halogens is 3. The third kappa shape index (κ3) is 2.25. The standard InChI is InChI=1S/C11H14F3NO4S/c12-11(13,14)20(17,18)19-9-3-7-1-6-2-8(4-9)15(7)5-10(6)16/h6-9H,1-5H2/t6-,7+,8?,9?/m0/s1. The van der Waals surface area contributed by atoms with Crippen LogP contribution < -0.4 is 0 Å². The minimum Gasteiger partial charge on any atom is -0.298 e. The first-order valence-electron chi connectivity index (χ1n) is 6.45. The molecule has 0 aromatic rings. The fraction of sp³-hybridized carbons (Fsp3) is 0.909. The van der Waals surface area contributed by atoms with E-state index in [4.69, 9.17) is 0 Å². The molecule has 0 saturated carbocycles. The van der Waals surface area contributed by atoms with Gasteiger partial charge in [-0.2, -0.15) is 21.6 Å². The van der Waals surface area contributed by atoms with Gasteiger partial charge in [-0.05, 0) is 25.7 Å². The van der Waals surface area contributed by atoms with E-state index in [1.807, 2.05) is 4.90 Å². The van der Waals surface area contributed by atoms with Crippen LogP contribution in [0.25, 0.3) is 0 Å². The summed E-state index contributed by atoms with van der Waals surface area (Å²) in [6.07, 6.45) is 0.718. The largest absolute Gasteiger partial charge is 0.523 e. The van der Waals surface area contributed by atoms with Gasteiger partial charge in [0.25, 0.3) is 0 Å². The minimum atomic E-state index is -5.54. The number of hydrogen-bond acceptors (Lipinski definition) is 5. The van der Waals surface area contributed by atoms with E-state index in [1.54, 1.807) is 0 Å². The lowest BCUT2D eigenvalue weighted by atomic mass is 9.72. The van der Waals surface area contributed by atoms with Crippen LogP contribution in [-0.4, -0.2) is 49.3 Å². The van der Waals surface area contributed by atoms with Gasteiger partial charge in [0.05, 0.1) is 12.6 Å². The van der Waals surface area contributed by atoms with Crippen LogP contribution in [0.2, 0.25) is 0 Å². The summed E-state index contributed by atoms with van der Waals surface area (Å²) in [5.74, 6) is 0.162. The maximum Gasteiger partial charge on any atom is 0.523 e. The third-order valence-electron chi connectivity index (χ3n) is 4.46. The summed E-state index contributed by atoms with van der Waals surface area (Å²) in [6.45, 7) is 0.332. The SMILES string of the molecule is O=C1CN2C3CC(OS(=O)(=O)C(F)(F)F)C[C@H]2C[C@H]1C3. The van der Waals surface area contributed by atoms with Crippen LogP contribution >= 0.6 is 0 Å². The van der Waals surface area contributed by atoms with Crippen LogP contribution in [0, 0.1) is 5.92 Å². The summed E-state index contributed by atoms with van der Waals surface area (Å²) >= 11 is 0. The Balaban J connectivity index is 1.71. The first kappa shape index (κ1) is 14.3. The number of fused-ring (bicyclic) bond motifs is 1. The van der Waals surface area contributed by atoms with Crippen LogP contribution in [0.3, 0.4) is 0 Å². The van der Waals surface area contributed by atoms with Crippen molar-refractivity contribution in [2.45, 2.75) is 49.4 Å². The number of ketones is 1. The van der Waals surface area contributed by atoms with E-state index in [2.05, 4.69) is 4.18 Å². The quantitative estimate of drug-likeness (QED) is 0.563. The molecule has 114 valence electrons. The number of hydrogen-bond donors (Lipinski definition) is 0. The van der Waals surface area contributed by atoms with Crippen molar-refractivity contribution in [2.24, 2.45) is 5.92 Å². The van der Waals surface area contributed by atoms with Gasteiger partial charge in [-0.15, -0.1) is 0 Å². The van der Waals surface area contributed by atoms with Crippen LogP contribution in [-0.2, 0) is 19.1 Å². The third-order valence-corrected chi connectivity index (χ3v) is 5.55. The maximum atomic E-state index is 12.3. The average Bonchev–Trinajstić information content (AvgIpc) is 2.26. The molecule has 4 heterocycles. The van der Waals surface area contributed by atoms with E-state index in [0.29, 0.717) is 19.4 Å². The van der Waals surface area contributed by atoms with Gasteiger partial charge in [-0.25, -0.2) is 0 Å². The molecule has 5 nitrogen and oxygen atoms in total. The molecule has 0 N–H and O–H groups in total. The van der Waals surface area contributed by atoms with Crippen molar-refractivity contribution >= 4 is 15.9 Å². The molecule has 0 spiro atoms. The van der Waals surface area contributed by atoms with Gasteiger partial charge in [0.15, 0.2) is 0 Å². The highest BCUT2D eigenvalue weighted by molar-refractivity contribution is 7.87. The molecule has 20 heavy (non-hydrogen) atoms. The summed E-state index contributed by atoms with van der Waals surface area (Å²) in [5, 5.41) is 0. The molecule has 5 atom stereocenters. The molecule has 4 saturated heterocycles. The highest BCUT2D eigenvalue weighted by atomic mass is 32.2. The predicted octanol–water partition coefficient (Wildman–Crippen LogP) is 1.05. The number of rotatable bonds is 2. The molecular weight excluding hydrogens is 299 g/mol. The molecule has 4 fully saturated rings. The Morgan fingerprint density at radius 3 is 2.10 bits per heavy atom. The lowest BCUT2D eigenvalue weighted by Crippen LogP contribution is -2.63. The smallest absolute Gasteiger partial charge is 0.298 e. The topological polar surface area (TPSA) is 63.7 Å². The Morgan fingerprint density at radius 1 is 1.10 bits per heavy atom. The number of nitrogens with zero attached hydrogens (tertiary/aromatic N) is 1. The van der Waals surface area contributed by atoms with Gasteiger partial charge in [0.2, 0.25) is 0 Å². The van der Waals surface area contributed by atoms with Gasteiger partial charge in [-0.3, -0.25) is 13.9 Å². The van der Waals surface area contributed by atoms with Crippen molar-refractivity contribution in [3.8, 4) is 0 Å². The monoisotopic (exact) mass is 313 g/mol. The molecule has 0 aliphatic carbocycles. The Bertz CT molecular complexity index is 516. The molecule has 4 aliphatic heterocycles. The summed E-state index contributed by atoms with van der Waals surface area (Å²) in [5.41, 5.74) is -5.38. The molecule has 9 heteroatoms. The number of alkyl halides is 3. The summed E-state index contributed by atoms with van der Waals surface area (Å²) in [6, 6.07) is -0.0859. The van der Waals surface area contributed by atoms with Gasteiger partial charge >= 0.3 is 15.6 Å². The lowest BCUT2D eigenvalue weighted by molar-refractivity contribution is -0.144. The van der Waals surface area contributed by atoms with E-state index in [0.717, 1.165) is 0 Å². The second-order valence-electron chi connectivity index (χ2n) is 5.70. The Hall–Kier alpha value is -0.670. The molecule has 4 bridgehead atoms. The Kier molecular flexibility index (Phi) is 3.15. The number of carbonyl (C=O) groups excluding carboxylic acids is 1. The van der Waals surface area contributed by atoms with Crippen molar-refractivity contribution in [1.29, 1.82) is 0 Å². The highest BCUT2D eigenvalue weighted by Crippen LogP contribution is 2.43. The molecule has 0 aromatic carbocycles. The van der Waals surface area contributed by atoms with E-state index >= 15 is 0 Å². The zero-order chi connectivity index (χ0) is 14.7. The normalized spacial score (nSPS) is 41.0. The Labute approximate surface area is 114 Å². The van der Waals surface area contributed by atoms with Crippen molar-refractivity contribution in [3.63, 3.8) is 0 Å². The predicted molar refractivity (Wildman–Crippen MR) is 61.1 cm³/mol. The molecule has 0 radical (unpaired) electrons. The van der Waals surface area contributed by atoms with E-state index in [1.165, 1.54) is 0 Å². The first-order valence-corrected chi connectivity index (χ1v) is 7.86. The second-order valence-corrected chi connectivity index (χ2v) is 7.27. The summed E-state index contributed by atoms with van der Waals surface area (Å²) in [4.78, 5) is 13.6. The van der Waals surface area contributed by atoms with Crippen molar-refractivity contribution in [2.75, 3.05) is 6.54 Å². The van der Waals surface area contributed by atoms with Crippen LogP contribution in [0.5, 0.6) is 0 Å². The summed E-state index contributed by atoms with van der Waals surface area (Å²) in [7, 11) is -5.54. The Morgan fingerprint density at radius 2 is 1.65 bits per heavy atom. The van der Waals surface area contributed by atoms with Gasteiger partial charge in [0, 0.05) is 18.0 Å². The van der Waals surface area contributed by atoms with E-state index in [-0.39, 0.29) is 36.6 Å². The second kappa shape index (κ2) is 4.41. The van der Waals surface area contributed by atoms with Crippen molar-refractivity contribution in [3.05, 3.63) is 0 Å². The molecule has 0 aromatic heterocycles. The zero-order valence-electron chi connectivity index (χ0n) is 10.5. The minimum absolute atomic E-state index is 0.0184. The van der Waals surface area contributed by atoms with Crippen LogP contribution in [0.15, 0.2) is 0 Å². The van der Waals surface area contributed by atoms with Gasteiger partial charge < -0.3 is 0 Å². The van der Waals surface area contributed by atoms with E-state index in [9.17, 15) is 26.4 Å². The maximum absolute atomic E-state index is 12.3. The van der Waals surface area contributed by atoms with Gasteiger partial charge in [0.1, 0.15) is 5.78 Å². The fourth-order valence-corrected chi connectivity index (χ4v) is 4.26. The molecule has 0 amide bonds. The van der Waals surface area contributed by atoms with Crippen molar-refractivity contribution in [1.82, 2.24) is 4.90 Å². The number of piperidine rings is 4. The highest BCUT2D eigenvalue weighted by Gasteiger charge is 2.53. The molecule has 4 rings (SSSR count). The number of carbonyl (C=O) groups is 1. The van der Waals surface area contributed by atoms with Crippen LogP contribution in [0.1, 0.15) is 25.7 Å². The molecule has 3 unspecified atom stereocenters.